The number of ether oxygens (including phenoxy) is 1. The standard InChI is InChI=1S/C13H17N3O2S/c1-3-10-11(14)12(16(2)15-10)13(17)18-7-6-9-5-4-8-19-9/h4-5,8H,3,6-7,14H2,1-2H3. The van der Waals surface area contributed by atoms with Crippen LogP contribution in [0.4, 0.5) is 5.69 Å². The Morgan fingerprint density at radius 2 is 2.37 bits per heavy atom. The van der Waals surface area contributed by atoms with Crippen LogP contribution in [0.3, 0.4) is 0 Å². The lowest BCUT2D eigenvalue weighted by molar-refractivity contribution is 0.0498. The molecule has 5 nitrogen and oxygen atoms in total. The first-order valence-corrected chi connectivity index (χ1v) is 7.02. The first-order chi connectivity index (χ1) is 9.13. The van der Waals surface area contributed by atoms with Crippen LogP contribution in [0.25, 0.3) is 0 Å². The largest absolute Gasteiger partial charge is 0.461 e. The van der Waals surface area contributed by atoms with Gasteiger partial charge < -0.3 is 10.5 Å². The Bertz CT molecular complexity index is 561. The number of rotatable bonds is 5. The van der Waals surface area contributed by atoms with Crippen LogP contribution < -0.4 is 5.73 Å². The predicted molar refractivity (Wildman–Crippen MR) is 75.3 cm³/mol. The van der Waals surface area contributed by atoms with Crippen LogP contribution in [0.1, 0.15) is 28.0 Å². The zero-order valence-corrected chi connectivity index (χ0v) is 11.9. The summed E-state index contributed by atoms with van der Waals surface area (Å²) in [4.78, 5) is 13.2. The first kappa shape index (κ1) is 13.6. The molecule has 0 atom stereocenters. The third kappa shape index (κ3) is 2.96. The number of anilines is 1. The molecule has 0 aliphatic rings. The number of hydrogen-bond donors (Lipinski definition) is 1. The van der Waals surface area contributed by atoms with E-state index in [0.717, 1.165) is 12.1 Å². The Hall–Kier alpha value is -1.82. The number of carbonyl (C=O) groups is 1. The number of hydrogen-bond acceptors (Lipinski definition) is 5. The predicted octanol–water partition coefficient (Wildman–Crippen LogP) is 2.03. The van der Waals surface area contributed by atoms with Crippen LogP contribution in [0.5, 0.6) is 0 Å². The number of thiophene rings is 1. The van der Waals surface area contributed by atoms with Crippen molar-refractivity contribution in [3.05, 3.63) is 33.8 Å². The Morgan fingerprint density at radius 1 is 1.58 bits per heavy atom. The third-order valence-electron chi connectivity index (χ3n) is 2.85. The van der Waals surface area contributed by atoms with Crippen molar-refractivity contribution < 1.29 is 9.53 Å². The number of esters is 1. The summed E-state index contributed by atoms with van der Waals surface area (Å²) in [7, 11) is 1.70. The Balaban J connectivity index is 1.98. The minimum Gasteiger partial charge on any atom is -0.461 e. The van der Waals surface area contributed by atoms with Crippen molar-refractivity contribution in [1.29, 1.82) is 0 Å². The summed E-state index contributed by atoms with van der Waals surface area (Å²) in [5, 5.41) is 6.20. The highest BCUT2D eigenvalue weighted by Gasteiger charge is 2.20. The molecule has 2 aromatic rings. The van der Waals surface area contributed by atoms with Gasteiger partial charge >= 0.3 is 5.97 Å². The molecule has 0 radical (unpaired) electrons. The number of aromatic nitrogens is 2. The van der Waals surface area contributed by atoms with Crippen LogP contribution in [0.2, 0.25) is 0 Å². The number of nitrogen functional groups attached to an aromatic ring is 1. The van der Waals surface area contributed by atoms with Gasteiger partial charge in [0.05, 0.1) is 18.0 Å². The maximum atomic E-state index is 12.0. The third-order valence-corrected chi connectivity index (χ3v) is 3.79. The van der Waals surface area contributed by atoms with Gasteiger partial charge in [-0.1, -0.05) is 13.0 Å². The minimum absolute atomic E-state index is 0.336. The zero-order valence-electron chi connectivity index (χ0n) is 11.0. The molecule has 0 spiro atoms. The Kier molecular flexibility index (Phi) is 4.21. The fraction of sp³-hybridized carbons (Fsp3) is 0.385. The minimum atomic E-state index is -0.413. The lowest BCUT2D eigenvalue weighted by Crippen LogP contribution is -2.14. The summed E-state index contributed by atoms with van der Waals surface area (Å²) in [6.45, 7) is 2.30. The molecule has 0 aliphatic carbocycles. The van der Waals surface area contributed by atoms with Gasteiger partial charge in [0.15, 0.2) is 5.69 Å². The highest BCUT2D eigenvalue weighted by atomic mass is 32.1. The molecule has 0 bridgehead atoms. The van der Waals surface area contributed by atoms with Crippen molar-refractivity contribution >= 4 is 23.0 Å². The molecule has 102 valence electrons. The van der Waals surface area contributed by atoms with E-state index in [2.05, 4.69) is 5.10 Å². The normalized spacial score (nSPS) is 10.6. The van der Waals surface area contributed by atoms with Gasteiger partial charge in [0.25, 0.3) is 0 Å². The highest BCUT2D eigenvalue weighted by Crippen LogP contribution is 2.18. The fourth-order valence-electron chi connectivity index (χ4n) is 1.87. The van der Waals surface area contributed by atoms with E-state index in [1.807, 2.05) is 24.4 Å². The number of nitrogens with two attached hydrogens (primary N) is 1. The summed E-state index contributed by atoms with van der Waals surface area (Å²) in [5.41, 5.74) is 7.39. The van der Waals surface area contributed by atoms with Gasteiger partial charge in [0, 0.05) is 18.3 Å². The second kappa shape index (κ2) is 5.88. The molecule has 2 rings (SSSR count). The van der Waals surface area contributed by atoms with E-state index < -0.39 is 5.97 Å². The van der Waals surface area contributed by atoms with Gasteiger partial charge in [-0.25, -0.2) is 4.79 Å². The number of carbonyl (C=O) groups excluding carboxylic acids is 1. The molecule has 2 aromatic heterocycles. The van der Waals surface area contributed by atoms with Crippen LogP contribution in [0, 0.1) is 0 Å². The second-order valence-corrected chi connectivity index (χ2v) is 5.18. The van der Waals surface area contributed by atoms with Gasteiger partial charge in [0.2, 0.25) is 0 Å². The van der Waals surface area contributed by atoms with Crippen LogP contribution in [-0.2, 0) is 24.6 Å². The molecular weight excluding hydrogens is 262 g/mol. The fourth-order valence-corrected chi connectivity index (χ4v) is 2.56. The highest BCUT2D eigenvalue weighted by molar-refractivity contribution is 7.09. The smallest absolute Gasteiger partial charge is 0.358 e. The van der Waals surface area contributed by atoms with Gasteiger partial charge in [-0.2, -0.15) is 5.10 Å². The van der Waals surface area contributed by atoms with Gasteiger partial charge in [0.1, 0.15) is 0 Å². The summed E-state index contributed by atoms with van der Waals surface area (Å²) in [5.74, 6) is -0.413. The van der Waals surface area contributed by atoms with Gasteiger partial charge in [-0.05, 0) is 17.9 Å². The lowest BCUT2D eigenvalue weighted by Gasteiger charge is -2.05. The Morgan fingerprint density at radius 3 is 2.95 bits per heavy atom. The summed E-state index contributed by atoms with van der Waals surface area (Å²) in [6, 6.07) is 4.00. The van der Waals surface area contributed by atoms with E-state index >= 15 is 0 Å². The van der Waals surface area contributed by atoms with E-state index in [1.165, 1.54) is 9.56 Å². The molecule has 2 heterocycles. The van der Waals surface area contributed by atoms with Crippen molar-refractivity contribution in [2.24, 2.45) is 7.05 Å². The quantitative estimate of drug-likeness (QED) is 0.850. The van der Waals surface area contributed by atoms with Crippen molar-refractivity contribution in [2.45, 2.75) is 19.8 Å². The maximum Gasteiger partial charge on any atom is 0.358 e. The zero-order chi connectivity index (χ0) is 13.8. The second-order valence-electron chi connectivity index (χ2n) is 4.15. The van der Waals surface area contributed by atoms with Crippen molar-refractivity contribution in [3.8, 4) is 0 Å². The van der Waals surface area contributed by atoms with E-state index in [0.29, 0.717) is 24.4 Å². The molecule has 0 aromatic carbocycles. The number of nitrogens with zero attached hydrogens (tertiary/aromatic N) is 2. The van der Waals surface area contributed by atoms with Crippen LogP contribution >= 0.6 is 11.3 Å². The maximum absolute atomic E-state index is 12.0. The van der Waals surface area contributed by atoms with Crippen molar-refractivity contribution in [3.63, 3.8) is 0 Å². The molecule has 0 fully saturated rings. The summed E-state index contributed by atoms with van der Waals surface area (Å²) >= 11 is 1.65. The average molecular weight is 279 g/mol. The monoisotopic (exact) mass is 279 g/mol. The van der Waals surface area contributed by atoms with E-state index in [-0.39, 0.29) is 0 Å². The SMILES string of the molecule is CCc1nn(C)c(C(=O)OCCc2cccs2)c1N. The van der Waals surface area contributed by atoms with Crippen molar-refractivity contribution in [2.75, 3.05) is 12.3 Å². The molecule has 6 heteroatoms. The van der Waals surface area contributed by atoms with Gasteiger partial charge in [-0.3, -0.25) is 4.68 Å². The molecular formula is C13H17N3O2S. The molecule has 0 amide bonds. The van der Waals surface area contributed by atoms with E-state index in [4.69, 9.17) is 10.5 Å². The molecule has 19 heavy (non-hydrogen) atoms. The number of aryl methyl sites for hydroxylation is 2. The topological polar surface area (TPSA) is 70.1 Å². The molecule has 0 unspecified atom stereocenters. The molecule has 0 saturated heterocycles. The molecule has 0 aliphatic heterocycles. The van der Waals surface area contributed by atoms with E-state index in [1.54, 1.807) is 18.4 Å². The average Bonchev–Trinajstić information content (AvgIpc) is 2.97. The molecule has 0 saturated carbocycles. The first-order valence-electron chi connectivity index (χ1n) is 6.14. The van der Waals surface area contributed by atoms with Crippen molar-refractivity contribution in [1.82, 2.24) is 9.78 Å². The van der Waals surface area contributed by atoms with Crippen LogP contribution in [-0.4, -0.2) is 22.4 Å². The summed E-state index contributed by atoms with van der Waals surface area (Å²) in [6.07, 6.45) is 1.42. The Labute approximate surface area is 116 Å². The lowest BCUT2D eigenvalue weighted by atomic mass is 10.2. The summed E-state index contributed by atoms with van der Waals surface area (Å²) < 4.78 is 6.74. The van der Waals surface area contributed by atoms with Gasteiger partial charge in [-0.15, -0.1) is 11.3 Å². The van der Waals surface area contributed by atoms with E-state index in [9.17, 15) is 4.79 Å². The van der Waals surface area contributed by atoms with Crippen LogP contribution in [0.15, 0.2) is 17.5 Å². The molecule has 2 N–H and O–H groups in total.